The van der Waals surface area contributed by atoms with Crippen molar-refractivity contribution in [3.8, 4) is 0 Å². The van der Waals surface area contributed by atoms with Gasteiger partial charge < -0.3 is 5.32 Å². The Morgan fingerprint density at radius 3 is 2.50 bits per heavy atom. The van der Waals surface area contributed by atoms with Crippen LogP contribution in [0.25, 0.3) is 0 Å². The minimum absolute atomic E-state index is 0.783. The maximum Gasteiger partial charge on any atom is 0.0320 e. The van der Waals surface area contributed by atoms with E-state index in [1.165, 1.54) is 32.4 Å². The van der Waals surface area contributed by atoms with Crippen molar-refractivity contribution in [3.05, 3.63) is 0 Å². The van der Waals surface area contributed by atoms with Crippen molar-refractivity contribution in [2.75, 3.05) is 20.1 Å². The summed E-state index contributed by atoms with van der Waals surface area (Å²) >= 11 is 0. The van der Waals surface area contributed by atoms with Crippen LogP contribution in [0.2, 0.25) is 0 Å². The van der Waals surface area contributed by atoms with Gasteiger partial charge in [0.05, 0.1) is 0 Å². The van der Waals surface area contributed by atoms with E-state index in [0.717, 1.165) is 18.0 Å². The lowest BCUT2D eigenvalue weighted by molar-refractivity contribution is 0.00896. The van der Waals surface area contributed by atoms with Crippen LogP contribution in [0.1, 0.15) is 26.2 Å². The standard InChI is InChI=1S/C10H20N2/c1-3-8-4-10(5-8)12-6-9(7-12)11-2/h8-11H,3-7H2,1-2H3. The van der Waals surface area contributed by atoms with E-state index in [9.17, 15) is 0 Å². The molecule has 1 saturated heterocycles. The smallest absolute Gasteiger partial charge is 0.0320 e. The van der Waals surface area contributed by atoms with Gasteiger partial charge in [-0.3, -0.25) is 4.90 Å². The third-order valence-electron chi connectivity index (χ3n) is 3.62. The Balaban J connectivity index is 1.64. The second kappa shape index (κ2) is 3.35. The third-order valence-corrected chi connectivity index (χ3v) is 3.62. The summed E-state index contributed by atoms with van der Waals surface area (Å²) in [5.74, 6) is 1.05. The topological polar surface area (TPSA) is 15.3 Å². The highest BCUT2D eigenvalue weighted by Crippen LogP contribution is 2.35. The van der Waals surface area contributed by atoms with E-state index >= 15 is 0 Å². The number of hydrogen-bond acceptors (Lipinski definition) is 2. The van der Waals surface area contributed by atoms with E-state index in [2.05, 4.69) is 24.2 Å². The zero-order valence-electron chi connectivity index (χ0n) is 8.21. The molecule has 0 aromatic carbocycles. The molecule has 2 nitrogen and oxygen atoms in total. The molecule has 0 bridgehead atoms. The first-order chi connectivity index (χ1) is 5.83. The van der Waals surface area contributed by atoms with Crippen molar-refractivity contribution in [1.82, 2.24) is 10.2 Å². The van der Waals surface area contributed by atoms with E-state index in [1.807, 2.05) is 0 Å². The summed E-state index contributed by atoms with van der Waals surface area (Å²) in [6.45, 7) is 4.89. The van der Waals surface area contributed by atoms with Crippen LogP contribution in [-0.2, 0) is 0 Å². The molecule has 2 rings (SSSR count). The molecule has 0 radical (unpaired) electrons. The molecular weight excluding hydrogens is 148 g/mol. The van der Waals surface area contributed by atoms with E-state index in [-0.39, 0.29) is 0 Å². The van der Waals surface area contributed by atoms with Gasteiger partial charge in [0.1, 0.15) is 0 Å². The van der Waals surface area contributed by atoms with Crippen molar-refractivity contribution in [3.63, 3.8) is 0 Å². The summed E-state index contributed by atoms with van der Waals surface area (Å²) in [5, 5.41) is 3.32. The van der Waals surface area contributed by atoms with E-state index in [1.54, 1.807) is 0 Å². The van der Waals surface area contributed by atoms with Gasteiger partial charge >= 0.3 is 0 Å². The minimum Gasteiger partial charge on any atom is -0.315 e. The average molecular weight is 168 g/mol. The first kappa shape index (κ1) is 8.52. The Labute approximate surface area is 75.3 Å². The second-order valence-electron chi connectivity index (χ2n) is 4.34. The average Bonchev–Trinajstić information content (AvgIpc) is 1.91. The summed E-state index contributed by atoms with van der Waals surface area (Å²) < 4.78 is 0. The molecule has 12 heavy (non-hydrogen) atoms. The molecule has 1 N–H and O–H groups in total. The predicted octanol–water partition coefficient (Wildman–Crippen LogP) is 1.08. The highest BCUT2D eigenvalue weighted by Gasteiger charge is 2.38. The molecule has 2 heteroatoms. The molecule has 0 aromatic heterocycles. The second-order valence-corrected chi connectivity index (χ2v) is 4.34. The highest BCUT2D eigenvalue weighted by molar-refractivity contribution is 4.95. The maximum atomic E-state index is 3.32. The number of nitrogens with zero attached hydrogens (tertiary/aromatic N) is 1. The van der Waals surface area contributed by atoms with E-state index < -0.39 is 0 Å². The Morgan fingerprint density at radius 2 is 2.00 bits per heavy atom. The molecule has 0 amide bonds. The van der Waals surface area contributed by atoms with Gasteiger partial charge in [0.25, 0.3) is 0 Å². The molecule has 0 atom stereocenters. The van der Waals surface area contributed by atoms with Crippen molar-refractivity contribution >= 4 is 0 Å². The van der Waals surface area contributed by atoms with Crippen LogP contribution < -0.4 is 5.32 Å². The number of hydrogen-bond donors (Lipinski definition) is 1. The third kappa shape index (κ3) is 1.38. The Hall–Kier alpha value is -0.0800. The van der Waals surface area contributed by atoms with Crippen LogP contribution in [0.5, 0.6) is 0 Å². The lowest BCUT2D eigenvalue weighted by Gasteiger charge is -2.50. The van der Waals surface area contributed by atoms with Gasteiger partial charge in [0.15, 0.2) is 0 Å². The molecule has 70 valence electrons. The van der Waals surface area contributed by atoms with Crippen LogP contribution in [0.15, 0.2) is 0 Å². The fourth-order valence-corrected chi connectivity index (χ4v) is 2.33. The Bertz CT molecular complexity index is 128. The zero-order chi connectivity index (χ0) is 8.55. The fourth-order valence-electron chi connectivity index (χ4n) is 2.33. The summed E-state index contributed by atoms with van der Waals surface area (Å²) in [6, 6.07) is 1.73. The van der Waals surface area contributed by atoms with E-state index in [0.29, 0.717) is 0 Å². The van der Waals surface area contributed by atoms with Gasteiger partial charge in [-0.2, -0.15) is 0 Å². The van der Waals surface area contributed by atoms with Crippen molar-refractivity contribution in [2.24, 2.45) is 5.92 Å². The predicted molar refractivity (Wildman–Crippen MR) is 51.2 cm³/mol. The van der Waals surface area contributed by atoms with Crippen molar-refractivity contribution in [2.45, 2.75) is 38.3 Å². The highest BCUT2D eigenvalue weighted by atomic mass is 15.3. The van der Waals surface area contributed by atoms with Gasteiger partial charge in [-0.05, 0) is 25.8 Å². The molecule has 2 aliphatic rings. The first-order valence-corrected chi connectivity index (χ1v) is 5.24. The van der Waals surface area contributed by atoms with Gasteiger partial charge in [0.2, 0.25) is 0 Å². The van der Waals surface area contributed by atoms with Crippen LogP contribution in [0.4, 0.5) is 0 Å². The Kier molecular flexibility index (Phi) is 2.37. The molecule has 2 fully saturated rings. The number of rotatable bonds is 3. The monoisotopic (exact) mass is 168 g/mol. The molecule has 1 aliphatic carbocycles. The number of likely N-dealkylation sites (N-methyl/N-ethyl adjacent to an activating group) is 1. The summed E-state index contributed by atoms with van der Waals surface area (Å²) in [5.41, 5.74) is 0. The number of nitrogens with one attached hydrogen (secondary N) is 1. The minimum atomic E-state index is 0.783. The SMILES string of the molecule is CCC1CC(N2CC(NC)C2)C1. The van der Waals surface area contributed by atoms with Crippen LogP contribution in [0.3, 0.4) is 0 Å². The normalized spacial score (nSPS) is 37.5. The molecule has 0 aromatic rings. The van der Waals surface area contributed by atoms with Gasteiger partial charge in [-0.15, -0.1) is 0 Å². The molecule has 0 unspecified atom stereocenters. The molecular formula is C10H20N2. The van der Waals surface area contributed by atoms with E-state index in [4.69, 9.17) is 0 Å². The first-order valence-electron chi connectivity index (χ1n) is 5.24. The van der Waals surface area contributed by atoms with Gasteiger partial charge in [0, 0.05) is 25.2 Å². The quantitative estimate of drug-likeness (QED) is 0.678. The summed E-state index contributed by atoms with van der Waals surface area (Å²) in [7, 11) is 2.07. The summed E-state index contributed by atoms with van der Waals surface area (Å²) in [4.78, 5) is 2.63. The Morgan fingerprint density at radius 1 is 1.33 bits per heavy atom. The van der Waals surface area contributed by atoms with Crippen molar-refractivity contribution in [1.29, 1.82) is 0 Å². The van der Waals surface area contributed by atoms with Crippen LogP contribution in [-0.4, -0.2) is 37.1 Å². The zero-order valence-corrected chi connectivity index (χ0v) is 8.21. The lowest BCUT2D eigenvalue weighted by Crippen LogP contribution is -2.62. The van der Waals surface area contributed by atoms with Gasteiger partial charge in [-0.25, -0.2) is 0 Å². The van der Waals surface area contributed by atoms with Gasteiger partial charge in [-0.1, -0.05) is 13.3 Å². The molecule has 0 spiro atoms. The molecule has 1 aliphatic heterocycles. The van der Waals surface area contributed by atoms with Crippen molar-refractivity contribution < 1.29 is 0 Å². The molecule has 1 saturated carbocycles. The van der Waals surface area contributed by atoms with Crippen LogP contribution >= 0.6 is 0 Å². The maximum absolute atomic E-state index is 3.32. The van der Waals surface area contributed by atoms with Crippen LogP contribution in [0, 0.1) is 5.92 Å². The molecule has 1 heterocycles. The lowest BCUT2D eigenvalue weighted by atomic mass is 9.76. The number of likely N-dealkylation sites (tertiary alicyclic amines) is 1. The summed E-state index contributed by atoms with van der Waals surface area (Å²) in [6.07, 6.45) is 4.32. The largest absolute Gasteiger partial charge is 0.315 e. The fraction of sp³-hybridized carbons (Fsp3) is 1.00.